The number of ether oxygens (including phenoxy) is 1. The van der Waals surface area contributed by atoms with E-state index in [0.717, 1.165) is 18.4 Å². The molecular weight excluding hydrogens is 388 g/mol. The zero-order valence-electron chi connectivity index (χ0n) is 16.5. The Labute approximate surface area is 165 Å². The molecule has 160 valence electrons. The topological polar surface area (TPSA) is 174 Å². The number of quaternary nitrogens is 1. The smallest absolute Gasteiger partial charge is 0.364 e. The molecule has 0 aromatic heterocycles. The molecule has 2 rings (SSSR count). The monoisotopic (exact) mass is 418 g/mol. The first kappa shape index (κ1) is 26.0. The van der Waals surface area contributed by atoms with Crippen LogP contribution in [0.5, 0.6) is 0 Å². The third-order valence-corrected chi connectivity index (χ3v) is 4.54. The Morgan fingerprint density at radius 2 is 1.64 bits per heavy atom. The maximum atomic E-state index is 11.0. The highest BCUT2D eigenvalue weighted by Crippen LogP contribution is 2.20. The van der Waals surface area contributed by atoms with Gasteiger partial charge in [0, 0.05) is 0 Å². The lowest BCUT2D eigenvalue weighted by atomic mass is 10.2. The van der Waals surface area contributed by atoms with Gasteiger partial charge in [0.1, 0.15) is 22.3 Å². The second-order valence-corrected chi connectivity index (χ2v) is 8.02. The number of aliphatic carboxylic acids is 1. The van der Waals surface area contributed by atoms with Gasteiger partial charge in [-0.05, 0) is 58.6 Å². The SMILES string of the molecule is C[C@H](N)C(=O)O.C[C@H]([NH3+])C(=O)OC1CCCC1.Cc1ccc(S(=O)(=O)[O-])cc1. The molecular formula is C18H30N2O7S. The van der Waals surface area contributed by atoms with Crippen molar-refractivity contribution in [2.24, 2.45) is 5.73 Å². The molecule has 0 saturated heterocycles. The normalized spacial score (nSPS) is 15.9. The van der Waals surface area contributed by atoms with Crippen LogP contribution in [-0.2, 0) is 24.4 Å². The third-order valence-electron chi connectivity index (χ3n) is 3.69. The van der Waals surface area contributed by atoms with Crippen LogP contribution in [0.2, 0.25) is 0 Å². The zero-order chi connectivity index (χ0) is 21.9. The van der Waals surface area contributed by atoms with Gasteiger partial charge in [-0.15, -0.1) is 0 Å². The van der Waals surface area contributed by atoms with Crippen LogP contribution < -0.4 is 11.5 Å². The highest BCUT2D eigenvalue weighted by atomic mass is 32.2. The second-order valence-electron chi connectivity index (χ2n) is 6.64. The van der Waals surface area contributed by atoms with E-state index in [2.05, 4.69) is 5.73 Å². The van der Waals surface area contributed by atoms with Crippen molar-refractivity contribution < 1.29 is 38.1 Å². The number of rotatable bonds is 4. The van der Waals surface area contributed by atoms with E-state index in [1.807, 2.05) is 6.92 Å². The number of aryl methyl sites for hydroxylation is 1. The minimum atomic E-state index is -4.27. The molecule has 1 aromatic rings. The quantitative estimate of drug-likeness (QED) is 0.465. The first-order valence-electron chi connectivity index (χ1n) is 8.89. The lowest BCUT2D eigenvalue weighted by molar-refractivity contribution is -0.403. The third kappa shape index (κ3) is 11.7. The maximum absolute atomic E-state index is 11.0. The Morgan fingerprint density at radius 1 is 1.21 bits per heavy atom. The fourth-order valence-electron chi connectivity index (χ4n) is 1.99. The molecule has 0 unspecified atom stereocenters. The Balaban J connectivity index is 0.000000411. The number of carboxylic acid groups (broad SMARTS) is 1. The summed E-state index contributed by atoms with van der Waals surface area (Å²) >= 11 is 0. The van der Waals surface area contributed by atoms with Crippen molar-refractivity contribution >= 4 is 22.1 Å². The molecule has 0 aliphatic heterocycles. The molecule has 2 atom stereocenters. The molecule has 0 heterocycles. The second kappa shape index (κ2) is 12.4. The van der Waals surface area contributed by atoms with E-state index < -0.39 is 22.1 Å². The summed E-state index contributed by atoms with van der Waals surface area (Å²) in [6.07, 6.45) is 4.66. The number of carbonyl (C=O) groups is 2. The summed E-state index contributed by atoms with van der Waals surface area (Å²) in [6.45, 7) is 5.00. The molecule has 9 nitrogen and oxygen atoms in total. The molecule has 6 N–H and O–H groups in total. The molecule has 0 radical (unpaired) electrons. The van der Waals surface area contributed by atoms with Crippen LogP contribution in [0.15, 0.2) is 29.2 Å². The standard InChI is InChI=1S/C8H15NO2.C7H8O3S.C3H7NO2/c1-6(9)8(10)11-7-4-2-3-5-7;1-6-2-4-7(5-3-6)11(8,9)10;1-2(4)3(5)6/h6-7H,2-5,9H2,1H3;2-5H,1H3,(H,8,9,10);2H,4H2,1H3,(H,5,6)/t6-;;2-/m0.0/s1. The van der Waals surface area contributed by atoms with Gasteiger partial charge in [-0.3, -0.25) is 4.79 Å². The fraction of sp³-hybridized carbons (Fsp3) is 0.556. The number of esters is 1. The predicted molar refractivity (Wildman–Crippen MR) is 101 cm³/mol. The van der Waals surface area contributed by atoms with Gasteiger partial charge in [0.05, 0.1) is 4.90 Å². The van der Waals surface area contributed by atoms with Crippen LogP contribution in [0.3, 0.4) is 0 Å². The van der Waals surface area contributed by atoms with Gasteiger partial charge in [-0.1, -0.05) is 17.7 Å². The largest absolute Gasteiger partial charge is 0.744 e. The number of carbonyl (C=O) groups excluding carboxylic acids is 1. The molecule has 1 saturated carbocycles. The number of nitrogens with two attached hydrogens (primary N) is 1. The van der Waals surface area contributed by atoms with Crippen LogP contribution in [0.1, 0.15) is 45.1 Å². The average molecular weight is 419 g/mol. The van der Waals surface area contributed by atoms with Crippen molar-refractivity contribution in [2.75, 3.05) is 0 Å². The molecule has 0 amide bonds. The van der Waals surface area contributed by atoms with Gasteiger partial charge in [0.2, 0.25) is 0 Å². The van der Waals surface area contributed by atoms with E-state index in [-0.39, 0.29) is 23.0 Å². The molecule has 0 spiro atoms. The Bertz CT molecular complexity index is 710. The fourth-order valence-corrected chi connectivity index (χ4v) is 2.46. The van der Waals surface area contributed by atoms with Crippen molar-refractivity contribution in [2.45, 2.75) is 69.5 Å². The number of hydrogen-bond donors (Lipinski definition) is 3. The van der Waals surface area contributed by atoms with Crippen LogP contribution in [0, 0.1) is 6.92 Å². The number of carboxylic acids is 1. The Hall–Kier alpha value is -2.01. The van der Waals surface area contributed by atoms with Crippen LogP contribution in [0.4, 0.5) is 0 Å². The minimum absolute atomic E-state index is 0.156. The summed E-state index contributed by atoms with van der Waals surface area (Å²) in [7, 11) is -4.27. The molecule has 1 aliphatic rings. The first-order chi connectivity index (χ1) is 12.8. The minimum Gasteiger partial charge on any atom is -0.744 e. The lowest BCUT2D eigenvalue weighted by Gasteiger charge is -2.10. The number of benzene rings is 1. The van der Waals surface area contributed by atoms with E-state index in [9.17, 15) is 22.6 Å². The van der Waals surface area contributed by atoms with Gasteiger partial charge >= 0.3 is 11.9 Å². The first-order valence-corrected chi connectivity index (χ1v) is 10.3. The summed E-state index contributed by atoms with van der Waals surface area (Å²) < 4.78 is 36.3. The van der Waals surface area contributed by atoms with E-state index >= 15 is 0 Å². The van der Waals surface area contributed by atoms with Crippen LogP contribution >= 0.6 is 0 Å². The van der Waals surface area contributed by atoms with Crippen LogP contribution in [-0.4, -0.2) is 48.2 Å². The maximum Gasteiger partial charge on any atom is 0.364 e. The highest BCUT2D eigenvalue weighted by molar-refractivity contribution is 7.85. The summed E-state index contributed by atoms with van der Waals surface area (Å²) in [5.74, 6) is -1.12. The molecule has 10 heteroatoms. The van der Waals surface area contributed by atoms with Gasteiger partial charge in [-0.25, -0.2) is 13.2 Å². The van der Waals surface area contributed by atoms with Gasteiger partial charge in [0.25, 0.3) is 0 Å². The zero-order valence-corrected chi connectivity index (χ0v) is 17.3. The van der Waals surface area contributed by atoms with E-state index in [0.29, 0.717) is 0 Å². The van der Waals surface area contributed by atoms with Crippen LogP contribution in [0.25, 0.3) is 0 Å². The van der Waals surface area contributed by atoms with E-state index in [1.54, 1.807) is 19.1 Å². The van der Waals surface area contributed by atoms with E-state index in [1.165, 1.54) is 31.9 Å². The Morgan fingerprint density at radius 3 is 1.96 bits per heavy atom. The lowest BCUT2D eigenvalue weighted by Crippen LogP contribution is -2.63. The molecule has 28 heavy (non-hydrogen) atoms. The molecule has 1 aromatic carbocycles. The predicted octanol–water partition coefficient (Wildman–Crippen LogP) is 0.420. The molecule has 0 bridgehead atoms. The van der Waals surface area contributed by atoms with E-state index in [4.69, 9.17) is 15.6 Å². The van der Waals surface area contributed by atoms with Gasteiger partial charge in [0.15, 0.2) is 6.04 Å². The summed E-state index contributed by atoms with van der Waals surface area (Å²) in [6, 6.07) is 4.82. The summed E-state index contributed by atoms with van der Waals surface area (Å²) in [4.78, 5) is 20.4. The van der Waals surface area contributed by atoms with Gasteiger partial charge < -0.3 is 25.9 Å². The van der Waals surface area contributed by atoms with Crippen molar-refractivity contribution in [3.63, 3.8) is 0 Å². The average Bonchev–Trinajstić information content (AvgIpc) is 3.08. The summed E-state index contributed by atoms with van der Waals surface area (Å²) in [5, 5.41) is 7.87. The molecule has 1 fully saturated rings. The van der Waals surface area contributed by atoms with Crippen molar-refractivity contribution in [1.29, 1.82) is 0 Å². The van der Waals surface area contributed by atoms with Crippen molar-refractivity contribution in [1.82, 2.24) is 0 Å². The molecule has 1 aliphatic carbocycles. The Kier molecular flexibility index (Phi) is 11.6. The number of hydrogen-bond acceptors (Lipinski definition) is 7. The van der Waals surface area contributed by atoms with Crippen molar-refractivity contribution in [3.05, 3.63) is 29.8 Å². The highest BCUT2D eigenvalue weighted by Gasteiger charge is 2.22. The van der Waals surface area contributed by atoms with Crippen molar-refractivity contribution in [3.8, 4) is 0 Å². The summed E-state index contributed by atoms with van der Waals surface area (Å²) in [5.41, 5.74) is 9.37. The van der Waals surface area contributed by atoms with Gasteiger partial charge in [-0.2, -0.15) is 0 Å².